The number of nitrogens with one attached hydrogen (secondary N) is 1. The van der Waals surface area contributed by atoms with Crippen LogP contribution < -0.4 is 14.8 Å². The first kappa shape index (κ1) is 10.2. The third kappa shape index (κ3) is 1.84. The second-order valence-corrected chi connectivity index (χ2v) is 4.33. The van der Waals surface area contributed by atoms with E-state index >= 15 is 0 Å². The maximum Gasteiger partial charge on any atom is 0.231 e. The fourth-order valence-corrected chi connectivity index (χ4v) is 2.03. The number of halogens is 1. The summed E-state index contributed by atoms with van der Waals surface area (Å²) < 4.78 is 15.6. The van der Waals surface area contributed by atoms with E-state index in [1.54, 1.807) is 0 Å². The molecule has 2 heterocycles. The Morgan fingerprint density at radius 2 is 2.19 bits per heavy atom. The Hall–Kier alpha value is -0.970. The zero-order valence-corrected chi connectivity index (χ0v) is 9.42. The summed E-state index contributed by atoms with van der Waals surface area (Å²) in [6.45, 7) is 2.60. The Kier molecular flexibility index (Phi) is 2.63. The quantitative estimate of drug-likeness (QED) is 0.872. The average molecular weight is 242 g/mol. The monoisotopic (exact) mass is 241 g/mol. The predicted molar refractivity (Wildman–Crippen MR) is 59.0 cm³/mol. The zero-order valence-electron chi connectivity index (χ0n) is 8.66. The molecule has 3 rings (SSSR count). The normalized spacial score (nSPS) is 18.6. The van der Waals surface area contributed by atoms with E-state index in [1.807, 2.05) is 12.1 Å². The second-order valence-electron chi connectivity index (χ2n) is 3.93. The van der Waals surface area contributed by atoms with E-state index in [9.17, 15) is 0 Å². The molecule has 0 unspecified atom stereocenters. The minimum absolute atomic E-state index is 0.252. The van der Waals surface area contributed by atoms with Gasteiger partial charge in [0.05, 0.1) is 24.3 Å². The molecule has 1 aromatic carbocycles. The number of benzene rings is 1. The van der Waals surface area contributed by atoms with Crippen LogP contribution >= 0.6 is 11.6 Å². The lowest BCUT2D eigenvalue weighted by Gasteiger charge is -2.27. The van der Waals surface area contributed by atoms with Crippen molar-refractivity contribution in [3.8, 4) is 11.5 Å². The highest BCUT2D eigenvalue weighted by Gasteiger charge is 2.20. The van der Waals surface area contributed by atoms with Gasteiger partial charge in [0.15, 0.2) is 11.5 Å². The van der Waals surface area contributed by atoms with Gasteiger partial charge in [0.2, 0.25) is 6.79 Å². The van der Waals surface area contributed by atoms with Gasteiger partial charge in [-0.2, -0.15) is 0 Å². The van der Waals surface area contributed by atoms with Gasteiger partial charge < -0.3 is 19.5 Å². The molecule has 0 radical (unpaired) electrons. The van der Waals surface area contributed by atoms with E-state index in [0.717, 1.165) is 31.1 Å². The lowest BCUT2D eigenvalue weighted by atomic mass is 10.1. The molecule has 0 amide bonds. The van der Waals surface area contributed by atoms with Crippen molar-refractivity contribution in [3.05, 3.63) is 22.7 Å². The third-order valence-corrected chi connectivity index (χ3v) is 3.00. The van der Waals surface area contributed by atoms with Gasteiger partial charge in [0.1, 0.15) is 0 Å². The van der Waals surface area contributed by atoms with E-state index in [4.69, 9.17) is 25.8 Å². The molecule has 0 aromatic heterocycles. The molecule has 86 valence electrons. The van der Waals surface area contributed by atoms with E-state index in [1.165, 1.54) is 0 Å². The van der Waals surface area contributed by atoms with Crippen molar-refractivity contribution in [1.82, 2.24) is 5.32 Å². The molecular formula is C11H12ClNO3. The number of hydrogen-bond acceptors (Lipinski definition) is 4. The molecule has 0 atom stereocenters. The van der Waals surface area contributed by atoms with Crippen LogP contribution in [0.3, 0.4) is 0 Å². The second kappa shape index (κ2) is 4.13. The lowest BCUT2D eigenvalue weighted by molar-refractivity contribution is -0.00578. The molecule has 0 aliphatic carbocycles. The molecule has 0 saturated carbocycles. The van der Waals surface area contributed by atoms with Crippen LogP contribution in [0.4, 0.5) is 0 Å². The Morgan fingerprint density at radius 3 is 2.94 bits per heavy atom. The van der Waals surface area contributed by atoms with Gasteiger partial charge in [-0.15, -0.1) is 0 Å². The maximum atomic E-state index is 6.08. The van der Waals surface area contributed by atoms with Crippen molar-refractivity contribution in [2.24, 2.45) is 0 Å². The molecule has 2 aliphatic rings. The number of ether oxygens (including phenoxy) is 3. The fourth-order valence-electron chi connectivity index (χ4n) is 1.74. The summed E-state index contributed by atoms with van der Waals surface area (Å²) in [4.78, 5) is 0. The zero-order chi connectivity index (χ0) is 11.0. The molecule has 2 aliphatic heterocycles. The van der Waals surface area contributed by atoms with Gasteiger partial charge >= 0.3 is 0 Å². The summed E-state index contributed by atoms with van der Waals surface area (Å²) in [5.74, 6) is 1.38. The van der Waals surface area contributed by atoms with E-state index < -0.39 is 0 Å². The first-order valence-electron chi connectivity index (χ1n) is 5.22. The van der Waals surface area contributed by atoms with Crippen molar-refractivity contribution < 1.29 is 14.2 Å². The minimum Gasteiger partial charge on any atom is -0.454 e. The van der Waals surface area contributed by atoms with Crippen molar-refractivity contribution in [3.63, 3.8) is 0 Å². The highest BCUT2D eigenvalue weighted by molar-refractivity contribution is 6.32. The van der Waals surface area contributed by atoms with Crippen LogP contribution in [0.15, 0.2) is 12.1 Å². The highest BCUT2D eigenvalue weighted by atomic mass is 35.5. The van der Waals surface area contributed by atoms with Crippen LogP contribution in [-0.2, 0) is 11.3 Å². The molecule has 1 saturated heterocycles. The Bertz CT molecular complexity index is 406. The van der Waals surface area contributed by atoms with Gasteiger partial charge in [-0.3, -0.25) is 0 Å². The van der Waals surface area contributed by atoms with Gasteiger partial charge in [0.25, 0.3) is 0 Å². The van der Waals surface area contributed by atoms with Crippen molar-refractivity contribution in [2.75, 3.05) is 20.0 Å². The van der Waals surface area contributed by atoms with Gasteiger partial charge in [-0.05, 0) is 17.7 Å². The van der Waals surface area contributed by atoms with Crippen LogP contribution in [0.1, 0.15) is 5.56 Å². The van der Waals surface area contributed by atoms with Crippen LogP contribution in [0.5, 0.6) is 11.5 Å². The summed E-state index contributed by atoms with van der Waals surface area (Å²) in [7, 11) is 0. The molecule has 4 nitrogen and oxygen atoms in total. The number of hydrogen-bond donors (Lipinski definition) is 1. The molecule has 1 fully saturated rings. The predicted octanol–water partition coefficient (Wildman–Crippen LogP) is 1.56. The summed E-state index contributed by atoms with van der Waals surface area (Å²) >= 11 is 6.08. The largest absolute Gasteiger partial charge is 0.454 e. The standard InChI is InChI=1S/C11H12ClNO3/c12-9-1-7(3-13-8-4-14-5-8)2-10-11(9)16-6-15-10/h1-2,8,13H,3-6H2. The van der Waals surface area contributed by atoms with Gasteiger partial charge in [-0.1, -0.05) is 11.6 Å². The Morgan fingerprint density at radius 1 is 1.31 bits per heavy atom. The number of rotatable bonds is 3. The average Bonchev–Trinajstić information content (AvgIpc) is 2.63. The Balaban J connectivity index is 1.72. The van der Waals surface area contributed by atoms with Crippen molar-refractivity contribution in [2.45, 2.75) is 12.6 Å². The SMILES string of the molecule is Clc1cc(CNC2COC2)cc2c1OCO2. The Labute approximate surface area is 98.4 Å². The van der Waals surface area contributed by atoms with Crippen LogP contribution in [-0.4, -0.2) is 26.0 Å². The molecule has 1 N–H and O–H groups in total. The van der Waals surface area contributed by atoms with Crippen LogP contribution in [0.2, 0.25) is 5.02 Å². The molecule has 0 spiro atoms. The van der Waals surface area contributed by atoms with E-state index in [2.05, 4.69) is 5.32 Å². The van der Waals surface area contributed by atoms with E-state index in [-0.39, 0.29) is 6.79 Å². The molecule has 0 bridgehead atoms. The van der Waals surface area contributed by atoms with E-state index in [0.29, 0.717) is 16.8 Å². The molecule has 1 aromatic rings. The van der Waals surface area contributed by atoms with Crippen molar-refractivity contribution >= 4 is 11.6 Å². The molecule has 5 heteroatoms. The fraction of sp³-hybridized carbons (Fsp3) is 0.455. The first-order valence-corrected chi connectivity index (χ1v) is 5.60. The topological polar surface area (TPSA) is 39.7 Å². The smallest absolute Gasteiger partial charge is 0.231 e. The van der Waals surface area contributed by atoms with Crippen molar-refractivity contribution in [1.29, 1.82) is 0 Å². The van der Waals surface area contributed by atoms with Crippen LogP contribution in [0.25, 0.3) is 0 Å². The summed E-state index contributed by atoms with van der Waals surface area (Å²) in [5.41, 5.74) is 1.10. The highest BCUT2D eigenvalue weighted by Crippen LogP contribution is 2.39. The first-order chi connectivity index (χ1) is 7.83. The molecular weight excluding hydrogens is 230 g/mol. The van der Waals surface area contributed by atoms with Gasteiger partial charge in [0, 0.05) is 6.54 Å². The minimum atomic E-state index is 0.252. The van der Waals surface area contributed by atoms with Crippen LogP contribution in [0, 0.1) is 0 Å². The van der Waals surface area contributed by atoms with Gasteiger partial charge in [-0.25, -0.2) is 0 Å². The maximum absolute atomic E-state index is 6.08. The summed E-state index contributed by atoms with van der Waals surface area (Å²) in [6, 6.07) is 4.33. The summed E-state index contributed by atoms with van der Waals surface area (Å²) in [5, 5.41) is 3.98. The third-order valence-electron chi connectivity index (χ3n) is 2.72. The number of fused-ring (bicyclic) bond motifs is 1. The summed E-state index contributed by atoms with van der Waals surface area (Å²) in [6.07, 6.45) is 0. The lowest BCUT2D eigenvalue weighted by Crippen LogP contribution is -2.45. The molecule has 16 heavy (non-hydrogen) atoms.